The van der Waals surface area contributed by atoms with Gasteiger partial charge in [-0.25, -0.2) is 9.79 Å². The van der Waals surface area contributed by atoms with E-state index < -0.39 is 20.7 Å². The van der Waals surface area contributed by atoms with Gasteiger partial charge in [0.25, 0.3) is 0 Å². The van der Waals surface area contributed by atoms with E-state index in [2.05, 4.69) is 15.0 Å². The van der Waals surface area contributed by atoms with Gasteiger partial charge in [0.05, 0.1) is 31.6 Å². The molecule has 0 spiro atoms. The van der Waals surface area contributed by atoms with Gasteiger partial charge in [-0.3, -0.25) is 24.8 Å². The van der Waals surface area contributed by atoms with Crippen LogP contribution in [0.2, 0.25) is 0 Å². The zero-order valence-corrected chi connectivity index (χ0v) is 19.6. The Hall–Kier alpha value is -2.37. The molecule has 0 unspecified atom stereocenters. The Morgan fingerprint density at radius 1 is 1.20 bits per heavy atom. The largest absolute Gasteiger partial charge is 0.496 e. The van der Waals surface area contributed by atoms with Crippen LogP contribution >= 0.6 is 32.3 Å². The molecule has 3 aromatic heterocycles. The van der Waals surface area contributed by atoms with E-state index in [1.54, 1.807) is 28.6 Å². The van der Waals surface area contributed by atoms with Crippen LogP contribution in [0.25, 0.3) is 3.04 Å². The molecule has 30 heavy (non-hydrogen) atoms. The lowest BCUT2D eigenvalue weighted by Crippen LogP contribution is -2.38. The lowest BCUT2D eigenvalue weighted by molar-refractivity contribution is 0.406. The number of aryl methyl sites for hydroxylation is 1. The van der Waals surface area contributed by atoms with Gasteiger partial charge in [-0.2, -0.15) is 0 Å². The van der Waals surface area contributed by atoms with Crippen molar-refractivity contribution in [3.05, 3.63) is 74.4 Å². The second-order valence-electron chi connectivity index (χ2n) is 6.78. The number of nitrogens with zero attached hydrogens (tertiary/aromatic N) is 5. The van der Waals surface area contributed by atoms with Gasteiger partial charge in [-0.1, -0.05) is 17.7 Å². The summed E-state index contributed by atoms with van der Waals surface area (Å²) in [5.74, 6) is 0.758. The molecule has 1 aliphatic rings. The highest BCUT2D eigenvalue weighted by Crippen LogP contribution is 2.24. The van der Waals surface area contributed by atoms with Gasteiger partial charge in [0.15, 0.2) is 5.49 Å². The van der Waals surface area contributed by atoms with Gasteiger partial charge >= 0.3 is 5.69 Å². The molecule has 4 heterocycles. The Kier molecular flexibility index (Phi) is 5.85. The third-order valence-electron chi connectivity index (χ3n) is 4.87. The quantitative estimate of drug-likeness (QED) is 0.491. The molecule has 10 heteroatoms. The summed E-state index contributed by atoms with van der Waals surface area (Å²) in [5, 5.41) is 0.617. The minimum Gasteiger partial charge on any atom is -0.496 e. The molecule has 0 bridgehead atoms. The number of nitrogens with two attached hydrogens (primary N) is 1. The van der Waals surface area contributed by atoms with Crippen LogP contribution in [0.5, 0.6) is 5.75 Å². The van der Waals surface area contributed by atoms with Crippen LogP contribution in [0, 0.1) is 13.8 Å². The molecule has 0 saturated heterocycles. The highest BCUT2D eigenvalue weighted by molar-refractivity contribution is 14.2. The summed E-state index contributed by atoms with van der Waals surface area (Å²) in [6.45, 7) is 4.40. The summed E-state index contributed by atoms with van der Waals surface area (Å²) >= 11 is 5.79. The third kappa shape index (κ3) is 3.72. The van der Waals surface area contributed by atoms with Crippen molar-refractivity contribution < 1.29 is 4.74 Å². The number of rotatable bonds is 5. The SMILES string of the molecule is COc1c(C)cnc(Cn2c3c(n(Cc4ccccn4)c2=O)=C(Cl)I=C(N)N=3)c1C. The molecule has 0 aromatic carbocycles. The average molecular weight is 539 g/mol. The van der Waals surface area contributed by atoms with Gasteiger partial charge < -0.3 is 4.74 Å². The lowest BCUT2D eigenvalue weighted by atomic mass is 10.1. The second kappa shape index (κ2) is 8.40. The van der Waals surface area contributed by atoms with E-state index in [1.165, 1.54) is 0 Å². The molecule has 0 atom stereocenters. The summed E-state index contributed by atoms with van der Waals surface area (Å²) in [7, 11) is 1.62. The minimum atomic E-state index is -0.791. The molecular weight excluding hydrogens is 519 g/mol. The normalized spacial score (nSPS) is 13.2. The topological polar surface area (TPSA) is 100 Å². The lowest BCUT2D eigenvalue weighted by Gasteiger charge is -2.12. The van der Waals surface area contributed by atoms with E-state index in [0.29, 0.717) is 24.2 Å². The number of aromatic nitrogens is 4. The maximum atomic E-state index is 13.4. The van der Waals surface area contributed by atoms with Crippen molar-refractivity contribution in [3.8, 4) is 5.75 Å². The van der Waals surface area contributed by atoms with Crippen LogP contribution in [0.4, 0.5) is 0 Å². The predicted octanol–water partition coefficient (Wildman–Crippen LogP) is 1.12. The fourth-order valence-electron chi connectivity index (χ4n) is 3.46. The van der Waals surface area contributed by atoms with E-state index in [4.69, 9.17) is 22.1 Å². The maximum Gasteiger partial charge on any atom is 0.331 e. The van der Waals surface area contributed by atoms with Crippen molar-refractivity contribution in [1.29, 1.82) is 0 Å². The number of halogens is 2. The van der Waals surface area contributed by atoms with E-state index in [0.717, 1.165) is 28.3 Å². The first-order valence-electron chi connectivity index (χ1n) is 9.14. The molecule has 0 saturated carbocycles. The highest BCUT2D eigenvalue weighted by atomic mass is 127. The molecule has 8 nitrogen and oxygen atoms in total. The first kappa shape index (κ1) is 20.9. The smallest absolute Gasteiger partial charge is 0.331 e. The Morgan fingerprint density at radius 2 is 2.00 bits per heavy atom. The summed E-state index contributed by atoms with van der Waals surface area (Å²) in [4.78, 5) is 26.8. The molecule has 0 radical (unpaired) electrons. The standard InChI is InChI=1S/C20H20ClIN6O2/c1-11-8-25-14(12(2)16(11)30-3)10-28-18-15(17(21)22-19(23)26-18)27(20(28)29)9-13-6-4-5-7-24-13/h4-8H,9-10H2,1-3H3,(H2,23,26). The second-order valence-corrected chi connectivity index (χ2v) is 10.5. The molecule has 2 N–H and O–H groups in total. The van der Waals surface area contributed by atoms with Crippen LogP contribution < -0.4 is 27.0 Å². The van der Waals surface area contributed by atoms with Crippen LogP contribution in [0.15, 0.2) is 40.4 Å². The van der Waals surface area contributed by atoms with Crippen molar-refractivity contribution in [2.45, 2.75) is 26.9 Å². The molecule has 0 aliphatic carbocycles. The number of hydrogen-bond acceptors (Lipinski definition) is 6. The first-order chi connectivity index (χ1) is 14.4. The van der Waals surface area contributed by atoms with Crippen molar-refractivity contribution in [2.75, 3.05) is 7.11 Å². The fourth-order valence-corrected chi connectivity index (χ4v) is 5.76. The molecule has 0 amide bonds. The van der Waals surface area contributed by atoms with E-state index in [9.17, 15) is 4.79 Å². The zero-order chi connectivity index (χ0) is 21.4. The molecule has 0 fully saturated rings. The fraction of sp³-hybridized carbons (Fsp3) is 0.250. The van der Waals surface area contributed by atoms with Gasteiger partial charge in [0.2, 0.25) is 0 Å². The number of methoxy groups -OCH3 is 1. The van der Waals surface area contributed by atoms with Crippen LogP contribution in [-0.4, -0.2) is 30.0 Å². The van der Waals surface area contributed by atoms with Gasteiger partial charge in [0.1, 0.15) is 17.9 Å². The number of ether oxygens (including phenoxy) is 1. The number of hydrogen-bond donors (Lipinski definition) is 1. The predicted molar refractivity (Wildman–Crippen MR) is 125 cm³/mol. The molecule has 3 aromatic rings. The molecule has 4 rings (SSSR count). The molecular formula is C20H20ClIN6O2. The first-order valence-corrected chi connectivity index (χ1v) is 11.7. The van der Waals surface area contributed by atoms with Crippen LogP contribution in [0.3, 0.4) is 0 Å². The third-order valence-corrected chi connectivity index (χ3v) is 7.31. The number of fused-ring (bicyclic) bond motifs is 1. The Morgan fingerprint density at radius 3 is 2.70 bits per heavy atom. The highest BCUT2D eigenvalue weighted by Gasteiger charge is 2.20. The monoisotopic (exact) mass is 538 g/mol. The van der Waals surface area contributed by atoms with Gasteiger partial charge in [-0.15, -0.1) is 0 Å². The van der Waals surface area contributed by atoms with E-state index >= 15 is 0 Å². The van der Waals surface area contributed by atoms with Crippen LogP contribution in [0.1, 0.15) is 22.5 Å². The zero-order valence-electron chi connectivity index (χ0n) is 16.7. The van der Waals surface area contributed by atoms with Crippen molar-refractivity contribution >= 4 is 39.1 Å². The Labute approximate surface area is 187 Å². The Bertz CT molecular complexity index is 1340. The summed E-state index contributed by atoms with van der Waals surface area (Å²) < 4.78 is 9.76. The van der Waals surface area contributed by atoms with Crippen molar-refractivity contribution in [2.24, 2.45) is 10.7 Å². The maximum absolute atomic E-state index is 13.4. The van der Waals surface area contributed by atoms with E-state index in [1.807, 2.05) is 32.0 Å². The summed E-state index contributed by atoms with van der Waals surface area (Å²) in [5.41, 5.74) is 9.56. The van der Waals surface area contributed by atoms with Gasteiger partial charge in [-0.05, 0) is 46.7 Å². The summed E-state index contributed by atoms with van der Waals surface area (Å²) in [6.07, 6.45) is 3.44. The minimum absolute atomic E-state index is 0.230. The summed E-state index contributed by atoms with van der Waals surface area (Å²) in [6, 6.07) is 5.59. The molecule has 1 aliphatic heterocycles. The molecule has 156 valence electrons. The number of pyridine rings is 2. The average Bonchev–Trinajstić information content (AvgIpc) is 2.97. The van der Waals surface area contributed by atoms with Crippen LogP contribution in [-0.2, 0) is 13.1 Å². The van der Waals surface area contributed by atoms with E-state index in [-0.39, 0.29) is 12.2 Å². The van der Waals surface area contributed by atoms with Gasteiger partial charge in [0, 0.05) is 23.5 Å². The van der Waals surface area contributed by atoms with Crippen molar-refractivity contribution in [1.82, 2.24) is 19.1 Å². The number of imidazole rings is 1. The van der Waals surface area contributed by atoms with Crippen molar-refractivity contribution in [3.63, 3.8) is 0 Å². The Balaban J connectivity index is 1.91.